The zero-order valence-corrected chi connectivity index (χ0v) is 19.0. The van der Waals surface area contributed by atoms with E-state index in [2.05, 4.69) is 0 Å². The van der Waals surface area contributed by atoms with E-state index in [9.17, 15) is 13.2 Å². The van der Waals surface area contributed by atoms with E-state index in [1.165, 1.54) is 9.71 Å². The Morgan fingerprint density at radius 1 is 1.10 bits per heavy atom. The number of rotatable bonds is 6. The van der Waals surface area contributed by atoms with Gasteiger partial charge in [0, 0.05) is 38.0 Å². The van der Waals surface area contributed by atoms with Crippen LogP contribution in [0.4, 0.5) is 0 Å². The second-order valence-corrected chi connectivity index (χ2v) is 10.0. The number of sulfonamides is 1. The van der Waals surface area contributed by atoms with E-state index in [1.54, 1.807) is 30.2 Å². The van der Waals surface area contributed by atoms with Gasteiger partial charge in [-0.25, -0.2) is 8.42 Å². The van der Waals surface area contributed by atoms with Crippen molar-refractivity contribution in [3.8, 4) is 0 Å². The van der Waals surface area contributed by atoms with Gasteiger partial charge in [-0.15, -0.1) is 0 Å². The topological polar surface area (TPSA) is 57.7 Å². The summed E-state index contributed by atoms with van der Waals surface area (Å²) in [5, 5.41) is 2.17. The van der Waals surface area contributed by atoms with Gasteiger partial charge in [-0.2, -0.15) is 4.31 Å². The van der Waals surface area contributed by atoms with Crippen molar-refractivity contribution in [3.05, 3.63) is 75.1 Å². The lowest BCUT2D eigenvalue weighted by molar-refractivity contribution is -0.135. The molecule has 0 aromatic heterocycles. The number of amides is 1. The molecule has 1 amide bonds. The highest BCUT2D eigenvalue weighted by Gasteiger charge is 2.31. The van der Waals surface area contributed by atoms with Crippen LogP contribution in [0.3, 0.4) is 0 Å². The van der Waals surface area contributed by atoms with Gasteiger partial charge in [0.2, 0.25) is 15.9 Å². The molecule has 1 heterocycles. The summed E-state index contributed by atoms with van der Waals surface area (Å²) < 4.78 is 26.6. The van der Waals surface area contributed by atoms with Crippen molar-refractivity contribution in [3.63, 3.8) is 0 Å². The van der Waals surface area contributed by atoms with Gasteiger partial charge >= 0.3 is 0 Å². The first-order valence-electron chi connectivity index (χ1n) is 9.68. The lowest BCUT2D eigenvalue weighted by Gasteiger charge is -2.32. The van der Waals surface area contributed by atoms with Crippen molar-refractivity contribution in [2.75, 3.05) is 20.1 Å². The second-order valence-electron chi connectivity index (χ2n) is 7.37. The van der Waals surface area contributed by atoms with Crippen LogP contribution in [0.2, 0.25) is 10.0 Å². The van der Waals surface area contributed by atoms with Gasteiger partial charge < -0.3 is 4.90 Å². The SMILES string of the molecule is CN(Cc1ccc(Cl)c(Cl)c1)C(=O)C1CCN(S(=O)(=O)/C=C/c2ccccc2)CC1. The highest BCUT2D eigenvalue weighted by molar-refractivity contribution is 7.92. The van der Waals surface area contributed by atoms with Gasteiger partial charge in [-0.3, -0.25) is 4.79 Å². The summed E-state index contributed by atoms with van der Waals surface area (Å²) in [5.74, 6) is -0.180. The molecule has 0 atom stereocenters. The van der Waals surface area contributed by atoms with E-state index in [-0.39, 0.29) is 11.8 Å². The Labute approximate surface area is 187 Å². The summed E-state index contributed by atoms with van der Waals surface area (Å²) in [5.41, 5.74) is 1.72. The molecule has 1 aliphatic rings. The lowest BCUT2D eigenvalue weighted by Crippen LogP contribution is -2.42. The molecular formula is C22H24Cl2N2O3S. The quantitative estimate of drug-likeness (QED) is 0.621. The van der Waals surface area contributed by atoms with E-state index >= 15 is 0 Å². The first-order chi connectivity index (χ1) is 14.3. The van der Waals surface area contributed by atoms with Gasteiger partial charge in [-0.1, -0.05) is 59.6 Å². The molecular weight excluding hydrogens is 443 g/mol. The molecule has 0 bridgehead atoms. The van der Waals surface area contributed by atoms with Crippen LogP contribution in [0.1, 0.15) is 24.0 Å². The molecule has 0 radical (unpaired) electrons. The Hall–Kier alpha value is -1.86. The summed E-state index contributed by atoms with van der Waals surface area (Å²) in [6.45, 7) is 1.09. The highest BCUT2D eigenvalue weighted by Crippen LogP contribution is 2.25. The third-order valence-corrected chi connectivity index (χ3v) is 7.48. The Morgan fingerprint density at radius 2 is 1.77 bits per heavy atom. The minimum Gasteiger partial charge on any atom is -0.341 e. The molecule has 1 saturated heterocycles. The molecule has 30 heavy (non-hydrogen) atoms. The van der Waals surface area contributed by atoms with Crippen molar-refractivity contribution < 1.29 is 13.2 Å². The van der Waals surface area contributed by atoms with E-state index in [0.29, 0.717) is 42.5 Å². The van der Waals surface area contributed by atoms with Crippen LogP contribution in [-0.4, -0.2) is 43.7 Å². The van der Waals surface area contributed by atoms with Crippen LogP contribution in [0, 0.1) is 5.92 Å². The maximum atomic E-state index is 12.8. The predicted molar refractivity (Wildman–Crippen MR) is 122 cm³/mol. The highest BCUT2D eigenvalue weighted by atomic mass is 35.5. The fourth-order valence-corrected chi connectivity index (χ4v) is 5.02. The van der Waals surface area contributed by atoms with E-state index in [1.807, 2.05) is 36.4 Å². The number of carbonyl (C=O) groups is 1. The number of halogens is 2. The Kier molecular flexibility index (Phi) is 7.58. The van der Waals surface area contributed by atoms with Crippen molar-refractivity contribution in [2.45, 2.75) is 19.4 Å². The summed E-state index contributed by atoms with van der Waals surface area (Å²) in [6.07, 6.45) is 2.60. The van der Waals surface area contributed by atoms with E-state index < -0.39 is 10.0 Å². The molecule has 1 fully saturated rings. The van der Waals surface area contributed by atoms with Crippen LogP contribution in [0.5, 0.6) is 0 Å². The van der Waals surface area contributed by atoms with E-state index in [4.69, 9.17) is 23.2 Å². The van der Waals surface area contributed by atoms with Crippen LogP contribution in [0.15, 0.2) is 53.9 Å². The number of carbonyl (C=O) groups excluding carboxylic acids is 1. The smallest absolute Gasteiger partial charge is 0.236 e. The molecule has 0 spiro atoms. The van der Waals surface area contributed by atoms with Crippen molar-refractivity contribution in [1.82, 2.24) is 9.21 Å². The number of benzene rings is 2. The zero-order chi connectivity index (χ0) is 21.7. The number of hydrogen-bond donors (Lipinski definition) is 0. The Morgan fingerprint density at radius 3 is 2.40 bits per heavy atom. The van der Waals surface area contributed by atoms with Gasteiger partial charge in [-0.05, 0) is 42.2 Å². The predicted octanol–water partition coefficient (Wildman–Crippen LogP) is 4.66. The number of hydrogen-bond acceptors (Lipinski definition) is 3. The van der Waals surface area contributed by atoms with Crippen LogP contribution >= 0.6 is 23.2 Å². The average Bonchev–Trinajstić information content (AvgIpc) is 2.75. The number of piperidine rings is 1. The zero-order valence-electron chi connectivity index (χ0n) is 16.7. The van der Waals surface area contributed by atoms with Gasteiger partial charge in [0.15, 0.2) is 0 Å². The third kappa shape index (κ3) is 5.85. The van der Waals surface area contributed by atoms with Gasteiger partial charge in [0.1, 0.15) is 0 Å². The van der Waals surface area contributed by atoms with Crippen molar-refractivity contribution in [1.29, 1.82) is 0 Å². The molecule has 160 valence electrons. The van der Waals surface area contributed by atoms with Crippen LogP contribution in [0.25, 0.3) is 6.08 Å². The summed E-state index contributed by atoms with van der Waals surface area (Å²) in [7, 11) is -1.76. The van der Waals surface area contributed by atoms with Crippen molar-refractivity contribution in [2.24, 2.45) is 5.92 Å². The molecule has 8 heteroatoms. The molecule has 0 aliphatic carbocycles. The molecule has 0 N–H and O–H groups in total. The maximum Gasteiger partial charge on any atom is 0.236 e. The normalized spacial score (nSPS) is 16.1. The fraction of sp³-hybridized carbons (Fsp3) is 0.318. The fourth-order valence-electron chi connectivity index (χ4n) is 3.47. The van der Waals surface area contributed by atoms with Crippen LogP contribution < -0.4 is 0 Å². The molecule has 0 saturated carbocycles. The minimum absolute atomic E-state index is 0.0120. The van der Waals surface area contributed by atoms with E-state index in [0.717, 1.165) is 11.1 Å². The Bertz CT molecular complexity index is 1020. The third-order valence-electron chi connectivity index (χ3n) is 5.18. The maximum absolute atomic E-state index is 12.8. The van der Waals surface area contributed by atoms with Gasteiger partial charge in [0.25, 0.3) is 0 Å². The first-order valence-corrected chi connectivity index (χ1v) is 11.9. The molecule has 0 unspecified atom stereocenters. The molecule has 2 aromatic carbocycles. The monoisotopic (exact) mass is 466 g/mol. The second kappa shape index (κ2) is 9.96. The largest absolute Gasteiger partial charge is 0.341 e. The molecule has 3 rings (SSSR count). The summed E-state index contributed by atoms with van der Waals surface area (Å²) in [6, 6.07) is 14.6. The average molecular weight is 467 g/mol. The lowest BCUT2D eigenvalue weighted by atomic mass is 9.96. The number of nitrogens with zero attached hydrogens (tertiary/aromatic N) is 2. The van der Waals surface area contributed by atoms with Gasteiger partial charge in [0.05, 0.1) is 10.0 Å². The first kappa shape index (κ1) is 22.8. The molecule has 5 nitrogen and oxygen atoms in total. The van der Waals surface area contributed by atoms with Crippen LogP contribution in [-0.2, 0) is 21.4 Å². The van der Waals surface area contributed by atoms with Crippen molar-refractivity contribution >= 4 is 45.2 Å². The minimum atomic E-state index is -3.51. The summed E-state index contributed by atoms with van der Waals surface area (Å²) in [4.78, 5) is 14.5. The molecule has 2 aromatic rings. The Balaban J connectivity index is 1.55. The standard InChI is InChI=1S/C22H24Cl2N2O3S/c1-25(16-18-7-8-20(23)21(24)15-18)22(27)19-9-12-26(13-10-19)30(28,29)14-11-17-5-3-2-4-6-17/h2-8,11,14-15,19H,9-10,12-13,16H2,1H3/b14-11+. The molecule has 1 aliphatic heterocycles. The summed E-state index contributed by atoms with van der Waals surface area (Å²) >= 11 is 12.0.